The van der Waals surface area contributed by atoms with Gasteiger partial charge < -0.3 is 10.3 Å². The molecule has 0 aliphatic heterocycles. The third-order valence-corrected chi connectivity index (χ3v) is 3.69. The number of carbonyl (C=O) groups is 1. The van der Waals surface area contributed by atoms with Crippen LogP contribution in [0.4, 0.5) is 0 Å². The number of hydrogen-bond acceptors (Lipinski definition) is 3. The van der Waals surface area contributed by atoms with Gasteiger partial charge in [-0.3, -0.25) is 14.3 Å². The van der Waals surface area contributed by atoms with Gasteiger partial charge in [0.05, 0.1) is 5.69 Å². The fourth-order valence-electron chi connectivity index (χ4n) is 2.43. The van der Waals surface area contributed by atoms with E-state index in [4.69, 9.17) is 0 Å². The summed E-state index contributed by atoms with van der Waals surface area (Å²) in [5, 5.41) is 7.28. The second-order valence-corrected chi connectivity index (χ2v) is 5.44. The highest BCUT2D eigenvalue weighted by Gasteiger charge is 2.14. The molecule has 2 aromatic heterocycles. The van der Waals surface area contributed by atoms with Gasteiger partial charge in [0.15, 0.2) is 0 Å². The zero-order valence-electron chi connectivity index (χ0n) is 13.5. The van der Waals surface area contributed by atoms with E-state index in [0.717, 1.165) is 35.6 Å². The number of aromatic amines is 1. The van der Waals surface area contributed by atoms with Gasteiger partial charge in [-0.15, -0.1) is 0 Å². The minimum atomic E-state index is -0.372. The second kappa shape index (κ2) is 6.60. The van der Waals surface area contributed by atoms with E-state index in [1.54, 1.807) is 19.1 Å². The maximum absolute atomic E-state index is 12.1. The Morgan fingerprint density at radius 1 is 1.32 bits per heavy atom. The number of amides is 1. The fraction of sp³-hybridized carbons (Fsp3) is 0.438. The van der Waals surface area contributed by atoms with E-state index < -0.39 is 0 Å². The summed E-state index contributed by atoms with van der Waals surface area (Å²) in [5.74, 6) is -0.372. The first kappa shape index (κ1) is 16.0. The SMILES string of the molecule is CCCn1nc(C)c(CNC(=O)c2ccc(C)[nH]c2=O)c1C. The number of nitrogens with zero attached hydrogens (tertiary/aromatic N) is 2. The normalized spacial score (nSPS) is 10.7. The number of hydrogen-bond donors (Lipinski definition) is 2. The largest absolute Gasteiger partial charge is 0.348 e. The minimum absolute atomic E-state index is 0.127. The highest BCUT2D eigenvalue weighted by Crippen LogP contribution is 2.13. The molecule has 118 valence electrons. The van der Waals surface area contributed by atoms with Crippen molar-refractivity contribution in [2.45, 2.75) is 47.2 Å². The molecule has 0 atom stereocenters. The monoisotopic (exact) mass is 302 g/mol. The molecule has 0 unspecified atom stereocenters. The standard InChI is InChI=1S/C16H22N4O2/c1-5-8-20-12(4)14(11(3)19-20)9-17-15(21)13-7-6-10(2)18-16(13)22/h6-7H,5,8-9H2,1-4H3,(H,17,21)(H,18,22). The quantitative estimate of drug-likeness (QED) is 0.884. The Morgan fingerprint density at radius 3 is 2.68 bits per heavy atom. The van der Waals surface area contributed by atoms with Crippen molar-refractivity contribution >= 4 is 5.91 Å². The minimum Gasteiger partial charge on any atom is -0.348 e. The van der Waals surface area contributed by atoms with Crippen LogP contribution in [0.1, 0.15) is 46.3 Å². The second-order valence-electron chi connectivity index (χ2n) is 5.44. The smallest absolute Gasteiger partial charge is 0.260 e. The maximum atomic E-state index is 12.1. The Kier molecular flexibility index (Phi) is 4.80. The van der Waals surface area contributed by atoms with Crippen molar-refractivity contribution in [3.63, 3.8) is 0 Å². The van der Waals surface area contributed by atoms with Crippen molar-refractivity contribution in [1.29, 1.82) is 0 Å². The lowest BCUT2D eigenvalue weighted by molar-refractivity contribution is 0.0949. The molecule has 0 aromatic carbocycles. The predicted molar refractivity (Wildman–Crippen MR) is 85.0 cm³/mol. The number of aromatic nitrogens is 3. The van der Waals surface area contributed by atoms with Gasteiger partial charge in [-0.2, -0.15) is 5.10 Å². The summed E-state index contributed by atoms with van der Waals surface area (Å²) in [6.45, 7) is 9.03. The molecule has 0 bridgehead atoms. The number of carbonyl (C=O) groups excluding carboxylic acids is 1. The van der Waals surface area contributed by atoms with E-state index in [2.05, 4.69) is 22.3 Å². The first-order chi connectivity index (χ1) is 10.4. The van der Waals surface area contributed by atoms with E-state index in [1.165, 1.54) is 0 Å². The summed E-state index contributed by atoms with van der Waals surface area (Å²) in [6.07, 6.45) is 1.01. The Hall–Kier alpha value is -2.37. The van der Waals surface area contributed by atoms with E-state index in [9.17, 15) is 9.59 Å². The van der Waals surface area contributed by atoms with Gasteiger partial charge in [0.1, 0.15) is 5.56 Å². The van der Waals surface area contributed by atoms with Crippen LogP contribution in [0.15, 0.2) is 16.9 Å². The first-order valence-electron chi connectivity index (χ1n) is 7.45. The average Bonchev–Trinajstić information content (AvgIpc) is 2.71. The summed E-state index contributed by atoms with van der Waals surface area (Å²) in [4.78, 5) is 26.6. The van der Waals surface area contributed by atoms with Crippen molar-refractivity contribution in [2.75, 3.05) is 0 Å². The molecule has 0 spiro atoms. The molecular weight excluding hydrogens is 280 g/mol. The number of rotatable bonds is 5. The maximum Gasteiger partial charge on any atom is 0.260 e. The molecule has 1 amide bonds. The number of pyridine rings is 1. The molecule has 0 radical (unpaired) electrons. The van der Waals surface area contributed by atoms with Crippen LogP contribution >= 0.6 is 0 Å². The van der Waals surface area contributed by atoms with E-state index >= 15 is 0 Å². The summed E-state index contributed by atoms with van der Waals surface area (Å²) in [7, 11) is 0. The summed E-state index contributed by atoms with van der Waals surface area (Å²) in [5.41, 5.74) is 3.45. The zero-order chi connectivity index (χ0) is 16.3. The summed E-state index contributed by atoms with van der Waals surface area (Å²) < 4.78 is 1.95. The Labute approximate surface area is 129 Å². The third kappa shape index (κ3) is 3.27. The van der Waals surface area contributed by atoms with Gasteiger partial charge >= 0.3 is 0 Å². The Balaban J connectivity index is 2.13. The third-order valence-electron chi connectivity index (χ3n) is 3.69. The molecule has 0 aliphatic rings. The van der Waals surface area contributed by atoms with Gasteiger partial charge in [0.25, 0.3) is 11.5 Å². The molecule has 0 aliphatic carbocycles. The Bertz CT molecular complexity index is 743. The highest BCUT2D eigenvalue weighted by molar-refractivity contribution is 5.93. The molecule has 6 heteroatoms. The topological polar surface area (TPSA) is 79.8 Å². The fourth-order valence-corrected chi connectivity index (χ4v) is 2.43. The molecule has 0 saturated carbocycles. The van der Waals surface area contributed by atoms with Crippen molar-refractivity contribution in [2.24, 2.45) is 0 Å². The molecule has 2 rings (SSSR count). The van der Waals surface area contributed by atoms with Crippen molar-refractivity contribution in [1.82, 2.24) is 20.1 Å². The molecule has 0 saturated heterocycles. The van der Waals surface area contributed by atoms with Crippen LogP contribution in [0.2, 0.25) is 0 Å². The van der Waals surface area contributed by atoms with Crippen LogP contribution in [0, 0.1) is 20.8 Å². The zero-order valence-corrected chi connectivity index (χ0v) is 13.5. The van der Waals surface area contributed by atoms with Crippen LogP contribution in [0.5, 0.6) is 0 Å². The molecule has 0 fully saturated rings. The Morgan fingerprint density at radius 2 is 2.05 bits per heavy atom. The van der Waals surface area contributed by atoms with Crippen LogP contribution in [0.25, 0.3) is 0 Å². The first-order valence-corrected chi connectivity index (χ1v) is 7.45. The molecule has 2 N–H and O–H groups in total. The van der Waals surface area contributed by atoms with Crippen LogP contribution in [-0.2, 0) is 13.1 Å². The van der Waals surface area contributed by atoms with Gasteiger partial charge in [-0.25, -0.2) is 0 Å². The van der Waals surface area contributed by atoms with Crippen LogP contribution in [-0.4, -0.2) is 20.7 Å². The van der Waals surface area contributed by atoms with Crippen LogP contribution in [0.3, 0.4) is 0 Å². The number of H-pyrrole nitrogens is 1. The van der Waals surface area contributed by atoms with Crippen molar-refractivity contribution in [3.05, 3.63) is 50.7 Å². The highest BCUT2D eigenvalue weighted by atomic mass is 16.2. The van der Waals surface area contributed by atoms with Gasteiger partial charge in [-0.1, -0.05) is 6.92 Å². The lowest BCUT2D eigenvalue weighted by atomic mass is 10.2. The van der Waals surface area contributed by atoms with E-state index in [0.29, 0.717) is 6.54 Å². The van der Waals surface area contributed by atoms with Crippen LogP contribution < -0.4 is 10.9 Å². The molecular formula is C16H22N4O2. The lowest BCUT2D eigenvalue weighted by Crippen LogP contribution is -2.29. The number of nitrogens with one attached hydrogen (secondary N) is 2. The molecule has 22 heavy (non-hydrogen) atoms. The predicted octanol–water partition coefficient (Wildman–Crippen LogP) is 1.84. The number of aryl methyl sites for hydroxylation is 3. The van der Waals surface area contributed by atoms with Gasteiger partial charge in [0.2, 0.25) is 0 Å². The molecule has 2 aromatic rings. The van der Waals surface area contributed by atoms with Gasteiger partial charge in [-0.05, 0) is 39.3 Å². The molecule has 2 heterocycles. The van der Waals surface area contributed by atoms with Crippen molar-refractivity contribution < 1.29 is 4.79 Å². The average molecular weight is 302 g/mol. The van der Waals surface area contributed by atoms with Crippen molar-refractivity contribution in [3.8, 4) is 0 Å². The van der Waals surface area contributed by atoms with E-state index in [1.807, 2.05) is 18.5 Å². The van der Waals surface area contributed by atoms with E-state index in [-0.39, 0.29) is 17.0 Å². The summed E-state index contributed by atoms with van der Waals surface area (Å²) >= 11 is 0. The lowest BCUT2D eigenvalue weighted by Gasteiger charge is -2.06. The van der Waals surface area contributed by atoms with Gasteiger partial charge in [0, 0.05) is 30.0 Å². The molecule has 6 nitrogen and oxygen atoms in total. The summed E-state index contributed by atoms with van der Waals surface area (Å²) in [6, 6.07) is 3.26.